The third-order valence-corrected chi connectivity index (χ3v) is 4.62. The maximum absolute atomic E-state index is 10.3. The summed E-state index contributed by atoms with van der Waals surface area (Å²) in [5, 5.41) is 10.3. The highest BCUT2D eigenvalue weighted by atomic mass is 16.5. The second-order valence-electron chi connectivity index (χ2n) is 6.56. The summed E-state index contributed by atoms with van der Waals surface area (Å²) in [6.07, 6.45) is 4.54. The number of hydrogen-bond donors (Lipinski definition) is 1. The van der Waals surface area contributed by atoms with E-state index in [9.17, 15) is 5.11 Å². The van der Waals surface area contributed by atoms with Gasteiger partial charge in [0.05, 0.1) is 12.7 Å². The van der Waals surface area contributed by atoms with E-state index >= 15 is 0 Å². The second kappa shape index (κ2) is 5.25. The van der Waals surface area contributed by atoms with Crippen molar-refractivity contribution in [2.45, 2.75) is 51.7 Å². The van der Waals surface area contributed by atoms with Crippen molar-refractivity contribution in [2.75, 3.05) is 26.8 Å². The fourth-order valence-electron chi connectivity index (χ4n) is 3.30. The van der Waals surface area contributed by atoms with Crippen LogP contribution < -0.4 is 0 Å². The van der Waals surface area contributed by atoms with Crippen molar-refractivity contribution in [3.8, 4) is 0 Å². The van der Waals surface area contributed by atoms with Crippen molar-refractivity contribution < 1.29 is 9.84 Å². The maximum atomic E-state index is 10.3. The highest BCUT2D eigenvalue weighted by molar-refractivity contribution is 4.96. The molecule has 1 heterocycles. The maximum Gasteiger partial charge on any atom is 0.0746 e. The number of aliphatic hydroxyl groups excluding tert-OH is 1. The zero-order valence-electron chi connectivity index (χ0n) is 11.5. The third kappa shape index (κ3) is 3.01. The van der Waals surface area contributed by atoms with Gasteiger partial charge in [0, 0.05) is 19.2 Å². The Balaban J connectivity index is 1.85. The van der Waals surface area contributed by atoms with E-state index in [2.05, 4.69) is 25.8 Å². The molecular weight excluding hydrogens is 214 g/mol. The minimum Gasteiger partial charge on any atom is -0.391 e. The van der Waals surface area contributed by atoms with Crippen molar-refractivity contribution in [3.63, 3.8) is 0 Å². The number of likely N-dealkylation sites (N-methyl/N-ethyl adjacent to an activating group) is 1. The van der Waals surface area contributed by atoms with E-state index in [4.69, 9.17) is 4.74 Å². The monoisotopic (exact) mass is 241 g/mol. The lowest BCUT2D eigenvalue weighted by Gasteiger charge is -2.34. The van der Waals surface area contributed by atoms with Crippen molar-refractivity contribution >= 4 is 0 Å². The molecule has 0 aromatic rings. The molecule has 1 aliphatic carbocycles. The van der Waals surface area contributed by atoms with E-state index in [1.165, 1.54) is 12.8 Å². The average Bonchev–Trinajstić information content (AvgIpc) is 2.56. The molecule has 100 valence electrons. The highest BCUT2D eigenvalue weighted by Crippen LogP contribution is 2.39. The summed E-state index contributed by atoms with van der Waals surface area (Å²) in [5.74, 6) is 0.657. The molecule has 0 bridgehead atoms. The molecule has 3 unspecified atom stereocenters. The highest BCUT2D eigenvalue weighted by Gasteiger charge is 2.42. The van der Waals surface area contributed by atoms with E-state index in [0.29, 0.717) is 12.0 Å². The van der Waals surface area contributed by atoms with Gasteiger partial charge in [-0.3, -0.25) is 0 Å². The molecule has 1 N–H and O–H groups in total. The van der Waals surface area contributed by atoms with Crippen LogP contribution in [0.3, 0.4) is 0 Å². The Labute approximate surface area is 105 Å². The number of nitrogens with zero attached hydrogens (tertiary/aromatic N) is 1. The average molecular weight is 241 g/mol. The van der Waals surface area contributed by atoms with Crippen LogP contribution >= 0.6 is 0 Å². The lowest BCUT2D eigenvalue weighted by molar-refractivity contribution is -0.000309. The molecular formula is C14H27NO2. The molecule has 3 nitrogen and oxygen atoms in total. The molecule has 0 spiro atoms. The first-order valence-corrected chi connectivity index (χ1v) is 6.97. The summed E-state index contributed by atoms with van der Waals surface area (Å²) in [6, 6.07) is 0.340. The van der Waals surface area contributed by atoms with Crippen LogP contribution in [0, 0.1) is 11.3 Å². The topological polar surface area (TPSA) is 32.7 Å². The van der Waals surface area contributed by atoms with E-state index in [0.717, 1.165) is 32.6 Å². The van der Waals surface area contributed by atoms with Gasteiger partial charge in [0.2, 0.25) is 0 Å². The summed E-state index contributed by atoms with van der Waals surface area (Å²) in [5.41, 5.74) is 0.0853. The first kappa shape index (κ1) is 13.3. The van der Waals surface area contributed by atoms with Gasteiger partial charge in [-0.25, -0.2) is 0 Å². The lowest BCUT2D eigenvalue weighted by Crippen LogP contribution is -2.44. The fourth-order valence-corrected chi connectivity index (χ4v) is 3.30. The van der Waals surface area contributed by atoms with Crippen LogP contribution in [0.2, 0.25) is 0 Å². The van der Waals surface area contributed by atoms with Gasteiger partial charge in [0.1, 0.15) is 0 Å². The van der Waals surface area contributed by atoms with Crippen molar-refractivity contribution in [1.82, 2.24) is 4.90 Å². The molecule has 0 amide bonds. The zero-order valence-corrected chi connectivity index (χ0v) is 11.5. The first-order valence-electron chi connectivity index (χ1n) is 6.97. The molecule has 1 saturated heterocycles. The van der Waals surface area contributed by atoms with E-state index in [1.807, 2.05) is 0 Å². The Morgan fingerprint density at radius 1 is 1.35 bits per heavy atom. The predicted molar refractivity (Wildman–Crippen MR) is 69.0 cm³/mol. The van der Waals surface area contributed by atoms with Gasteiger partial charge in [0.25, 0.3) is 0 Å². The molecule has 0 aromatic heterocycles. The summed E-state index contributed by atoms with van der Waals surface area (Å²) in [4.78, 5) is 2.36. The van der Waals surface area contributed by atoms with Crippen LogP contribution in [0.4, 0.5) is 0 Å². The molecule has 2 fully saturated rings. The molecule has 1 saturated carbocycles. The molecule has 2 aliphatic rings. The fraction of sp³-hybridized carbons (Fsp3) is 1.00. The first-order chi connectivity index (χ1) is 8.00. The summed E-state index contributed by atoms with van der Waals surface area (Å²) >= 11 is 0. The summed E-state index contributed by atoms with van der Waals surface area (Å²) in [6.45, 7) is 7.25. The molecule has 3 atom stereocenters. The molecule has 0 radical (unpaired) electrons. The van der Waals surface area contributed by atoms with Crippen molar-refractivity contribution in [3.05, 3.63) is 0 Å². The summed E-state index contributed by atoms with van der Waals surface area (Å²) < 4.78 is 5.52. The number of ether oxygens (including phenoxy) is 1. The van der Waals surface area contributed by atoms with Gasteiger partial charge in [-0.2, -0.15) is 0 Å². The van der Waals surface area contributed by atoms with Gasteiger partial charge in [-0.1, -0.05) is 13.8 Å². The zero-order chi connectivity index (χ0) is 12.5. The van der Waals surface area contributed by atoms with Crippen molar-refractivity contribution in [1.29, 1.82) is 0 Å². The molecule has 0 aromatic carbocycles. The SMILES string of the molecule is CN(CC1CCCOC1)C1CCC(C)(C)C1O. The minimum absolute atomic E-state index is 0.0853. The van der Waals surface area contributed by atoms with E-state index < -0.39 is 0 Å². The molecule has 1 aliphatic heterocycles. The van der Waals surface area contributed by atoms with Crippen LogP contribution in [0.25, 0.3) is 0 Å². The number of hydrogen-bond acceptors (Lipinski definition) is 3. The normalized spacial score (nSPS) is 37.6. The third-order valence-electron chi connectivity index (χ3n) is 4.62. The summed E-state index contributed by atoms with van der Waals surface area (Å²) in [7, 11) is 2.16. The van der Waals surface area contributed by atoms with Crippen LogP contribution in [-0.2, 0) is 4.74 Å². The van der Waals surface area contributed by atoms with E-state index in [-0.39, 0.29) is 11.5 Å². The Morgan fingerprint density at radius 2 is 2.12 bits per heavy atom. The number of rotatable bonds is 3. The molecule has 2 rings (SSSR count). The largest absolute Gasteiger partial charge is 0.391 e. The van der Waals surface area contributed by atoms with Crippen molar-refractivity contribution in [2.24, 2.45) is 11.3 Å². The van der Waals surface area contributed by atoms with Crippen LogP contribution in [0.1, 0.15) is 39.5 Å². The molecule has 17 heavy (non-hydrogen) atoms. The van der Waals surface area contributed by atoms with Gasteiger partial charge in [-0.05, 0) is 44.1 Å². The van der Waals surface area contributed by atoms with E-state index in [1.54, 1.807) is 0 Å². The Morgan fingerprint density at radius 3 is 2.65 bits per heavy atom. The quantitative estimate of drug-likeness (QED) is 0.819. The van der Waals surface area contributed by atoms with Gasteiger partial charge < -0.3 is 14.7 Å². The van der Waals surface area contributed by atoms with Crippen LogP contribution in [-0.4, -0.2) is 49.0 Å². The van der Waals surface area contributed by atoms with Crippen LogP contribution in [0.15, 0.2) is 0 Å². The van der Waals surface area contributed by atoms with Crippen LogP contribution in [0.5, 0.6) is 0 Å². The Bertz CT molecular complexity index is 249. The molecule has 3 heteroatoms. The number of aliphatic hydroxyl groups is 1. The van der Waals surface area contributed by atoms with Gasteiger partial charge in [-0.15, -0.1) is 0 Å². The Kier molecular flexibility index (Phi) is 4.11. The predicted octanol–water partition coefficient (Wildman–Crippen LogP) is 1.89. The smallest absolute Gasteiger partial charge is 0.0746 e. The van der Waals surface area contributed by atoms with Gasteiger partial charge >= 0.3 is 0 Å². The second-order valence-corrected chi connectivity index (χ2v) is 6.56. The Hall–Kier alpha value is -0.120. The van der Waals surface area contributed by atoms with Gasteiger partial charge in [0.15, 0.2) is 0 Å². The minimum atomic E-state index is -0.183. The lowest BCUT2D eigenvalue weighted by atomic mass is 9.88. The standard InChI is InChI=1S/C14H27NO2/c1-14(2)7-6-12(13(14)16)15(3)9-11-5-4-8-17-10-11/h11-13,16H,4-10H2,1-3H3.